The smallest absolute Gasteiger partial charge is 0.263 e. The molecular formula is C14H13ClN2O2. The molecule has 0 bridgehead atoms. The van der Waals surface area contributed by atoms with Gasteiger partial charge in [0.05, 0.1) is 5.02 Å². The zero-order valence-electron chi connectivity index (χ0n) is 10.4. The van der Waals surface area contributed by atoms with Gasteiger partial charge in [-0.15, -0.1) is 0 Å². The van der Waals surface area contributed by atoms with E-state index >= 15 is 0 Å². The molecule has 0 radical (unpaired) electrons. The van der Waals surface area contributed by atoms with Gasteiger partial charge in [0, 0.05) is 5.69 Å². The second kappa shape index (κ2) is 6.20. The van der Waals surface area contributed by atoms with E-state index in [1.54, 1.807) is 30.3 Å². The van der Waals surface area contributed by atoms with Crippen LogP contribution in [0.3, 0.4) is 0 Å². The van der Waals surface area contributed by atoms with Crippen molar-refractivity contribution in [2.24, 2.45) is 0 Å². The number of para-hydroxylation sites is 1. The topological polar surface area (TPSA) is 51.2 Å². The zero-order valence-corrected chi connectivity index (χ0v) is 11.1. The third-order valence-electron chi connectivity index (χ3n) is 2.35. The number of rotatable bonds is 4. The van der Waals surface area contributed by atoms with E-state index < -0.39 is 0 Å². The summed E-state index contributed by atoms with van der Waals surface area (Å²) in [5.74, 6) is 0.710. The van der Waals surface area contributed by atoms with Gasteiger partial charge in [-0.2, -0.15) is 0 Å². The summed E-state index contributed by atoms with van der Waals surface area (Å²) >= 11 is 5.92. The van der Waals surface area contributed by atoms with E-state index in [1.807, 2.05) is 19.1 Å². The molecule has 2 aromatic rings. The lowest BCUT2D eigenvalue weighted by molar-refractivity contribution is -0.118. The predicted octanol–water partition coefficient (Wildman–Crippen LogP) is 3.06. The number of pyridine rings is 1. The fraction of sp³-hybridized carbons (Fsp3) is 0.143. The molecule has 5 heteroatoms. The van der Waals surface area contributed by atoms with E-state index in [2.05, 4.69) is 10.3 Å². The Bertz CT molecular complexity index is 587. The third kappa shape index (κ3) is 3.96. The lowest BCUT2D eigenvalue weighted by Crippen LogP contribution is -2.20. The fourth-order valence-corrected chi connectivity index (χ4v) is 1.69. The number of carbonyl (C=O) groups excluding carboxylic acids is 1. The van der Waals surface area contributed by atoms with Crippen molar-refractivity contribution < 1.29 is 9.53 Å². The van der Waals surface area contributed by atoms with Gasteiger partial charge < -0.3 is 10.1 Å². The number of ether oxygens (including phenoxy) is 1. The van der Waals surface area contributed by atoms with E-state index in [1.165, 1.54) is 0 Å². The Balaban J connectivity index is 1.90. The number of benzene rings is 1. The molecule has 1 aromatic carbocycles. The molecule has 0 aliphatic heterocycles. The fourth-order valence-electron chi connectivity index (χ4n) is 1.50. The van der Waals surface area contributed by atoms with Crippen LogP contribution in [-0.4, -0.2) is 17.5 Å². The molecule has 0 saturated heterocycles. The molecule has 98 valence electrons. The van der Waals surface area contributed by atoms with Gasteiger partial charge in [0.25, 0.3) is 5.91 Å². The molecule has 2 rings (SSSR count). The van der Waals surface area contributed by atoms with Crippen LogP contribution >= 0.6 is 11.6 Å². The van der Waals surface area contributed by atoms with Crippen LogP contribution in [0.4, 0.5) is 5.82 Å². The van der Waals surface area contributed by atoms with Gasteiger partial charge in [0.1, 0.15) is 11.6 Å². The van der Waals surface area contributed by atoms with E-state index in [4.69, 9.17) is 16.3 Å². The first kappa shape index (κ1) is 13.4. The standard InChI is InChI=1S/C14H13ClN2O2/c1-10-5-4-8-13(16-10)17-14(18)9-19-12-7-3-2-6-11(12)15/h2-8H,9H2,1H3,(H,16,17,18). The Kier molecular flexibility index (Phi) is 4.36. The molecule has 1 aromatic heterocycles. The normalized spacial score (nSPS) is 10.0. The molecule has 19 heavy (non-hydrogen) atoms. The average Bonchev–Trinajstić information content (AvgIpc) is 2.38. The minimum atomic E-state index is -0.280. The number of hydrogen-bond donors (Lipinski definition) is 1. The number of nitrogens with zero attached hydrogens (tertiary/aromatic N) is 1. The number of amides is 1. The van der Waals surface area contributed by atoms with Crippen LogP contribution in [0.25, 0.3) is 0 Å². The molecule has 4 nitrogen and oxygen atoms in total. The highest BCUT2D eigenvalue weighted by Gasteiger charge is 2.06. The molecule has 0 saturated carbocycles. The second-order valence-electron chi connectivity index (χ2n) is 3.93. The Morgan fingerprint density at radius 1 is 1.26 bits per heavy atom. The molecule has 0 atom stereocenters. The number of nitrogens with one attached hydrogen (secondary N) is 1. The van der Waals surface area contributed by atoms with Crippen molar-refractivity contribution in [3.63, 3.8) is 0 Å². The Morgan fingerprint density at radius 2 is 2.05 bits per heavy atom. The molecule has 1 amide bonds. The van der Waals surface area contributed by atoms with Gasteiger partial charge in [0.2, 0.25) is 0 Å². The number of carbonyl (C=O) groups is 1. The highest BCUT2D eigenvalue weighted by Crippen LogP contribution is 2.22. The van der Waals surface area contributed by atoms with Crippen LogP contribution in [0.1, 0.15) is 5.69 Å². The van der Waals surface area contributed by atoms with Crippen LogP contribution in [0, 0.1) is 6.92 Å². The second-order valence-corrected chi connectivity index (χ2v) is 4.34. The summed E-state index contributed by atoms with van der Waals surface area (Å²) in [6.07, 6.45) is 0. The van der Waals surface area contributed by atoms with Gasteiger partial charge in [0.15, 0.2) is 6.61 Å². The highest BCUT2D eigenvalue weighted by molar-refractivity contribution is 6.32. The average molecular weight is 277 g/mol. The summed E-state index contributed by atoms with van der Waals surface area (Å²) in [7, 11) is 0. The van der Waals surface area contributed by atoms with Gasteiger partial charge >= 0.3 is 0 Å². The summed E-state index contributed by atoms with van der Waals surface area (Å²) in [5, 5.41) is 3.13. The third-order valence-corrected chi connectivity index (χ3v) is 2.66. The molecule has 0 spiro atoms. The van der Waals surface area contributed by atoms with Crippen molar-refractivity contribution in [3.8, 4) is 5.75 Å². The maximum Gasteiger partial charge on any atom is 0.263 e. The van der Waals surface area contributed by atoms with E-state index in [0.29, 0.717) is 16.6 Å². The Labute approximate surface area is 116 Å². The van der Waals surface area contributed by atoms with Crippen molar-refractivity contribution in [2.75, 3.05) is 11.9 Å². The van der Waals surface area contributed by atoms with Gasteiger partial charge in [-0.25, -0.2) is 4.98 Å². The van der Waals surface area contributed by atoms with Crippen molar-refractivity contribution in [1.29, 1.82) is 0 Å². The molecular weight excluding hydrogens is 264 g/mol. The van der Waals surface area contributed by atoms with Crippen LogP contribution in [0.15, 0.2) is 42.5 Å². The first-order chi connectivity index (χ1) is 9.15. The summed E-state index contributed by atoms with van der Waals surface area (Å²) < 4.78 is 5.33. The van der Waals surface area contributed by atoms with Gasteiger partial charge in [-0.3, -0.25) is 4.79 Å². The van der Waals surface area contributed by atoms with E-state index in [9.17, 15) is 4.79 Å². The van der Waals surface area contributed by atoms with E-state index in [-0.39, 0.29) is 12.5 Å². The first-order valence-corrected chi connectivity index (χ1v) is 6.14. The van der Waals surface area contributed by atoms with Crippen LogP contribution in [-0.2, 0) is 4.79 Å². The monoisotopic (exact) mass is 276 g/mol. The predicted molar refractivity (Wildman–Crippen MR) is 74.6 cm³/mol. The SMILES string of the molecule is Cc1cccc(NC(=O)COc2ccccc2Cl)n1. The molecule has 0 aliphatic carbocycles. The maximum absolute atomic E-state index is 11.7. The van der Waals surface area contributed by atoms with E-state index in [0.717, 1.165) is 5.69 Å². The summed E-state index contributed by atoms with van der Waals surface area (Å²) in [4.78, 5) is 15.9. The Hall–Kier alpha value is -2.07. The Morgan fingerprint density at radius 3 is 2.79 bits per heavy atom. The van der Waals surface area contributed by atoms with Crippen LogP contribution in [0.5, 0.6) is 5.75 Å². The largest absolute Gasteiger partial charge is 0.482 e. The maximum atomic E-state index is 11.7. The molecule has 1 N–H and O–H groups in total. The molecule has 1 heterocycles. The van der Waals surface area contributed by atoms with Crippen molar-refractivity contribution >= 4 is 23.3 Å². The van der Waals surface area contributed by atoms with Gasteiger partial charge in [-0.05, 0) is 31.2 Å². The molecule has 0 unspecified atom stereocenters. The number of aryl methyl sites for hydroxylation is 1. The first-order valence-electron chi connectivity index (χ1n) is 5.76. The summed E-state index contributed by atoms with van der Waals surface area (Å²) in [6, 6.07) is 12.4. The number of halogens is 1. The minimum Gasteiger partial charge on any atom is -0.482 e. The molecule has 0 aliphatic rings. The minimum absolute atomic E-state index is 0.112. The lowest BCUT2D eigenvalue weighted by Gasteiger charge is -2.08. The van der Waals surface area contributed by atoms with Crippen LogP contribution in [0.2, 0.25) is 5.02 Å². The van der Waals surface area contributed by atoms with Crippen molar-refractivity contribution in [2.45, 2.75) is 6.92 Å². The number of hydrogen-bond acceptors (Lipinski definition) is 3. The highest BCUT2D eigenvalue weighted by atomic mass is 35.5. The quantitative estimate of drug-likeness (QED) is 0.934. The van der Waals surface area contributed by atoms with Crippen molar-refractivity contribution in [3.05, 3.63) is 53.2 Å². The number of aromatic nitrogens is 1. The van der Waals surface area contributed by atoms with Crippen LogP contribution < -0.4 is 10.1 Å². The molecule has 0 fully saturated rings. The number of anilines is 1. The lowest BCUT2D eigenvalue weighted by atomic mass is 10.3. The summed E-state index contributed by atoms with van der Waals surface area (Å²) in [5.41, 5.74) is 0.838. The van der Waals surface area contributed by atoms with Crippen molar-refractivity contribution in [1.82, 2.24) is 4.98 Å². The van der Waals surface area contributed by atoms with Gasteiger partial charge in [-0.1, -0.05) is 29.8 Å². The summed E-state index contributed by atoms with van der Waals surface area (Å²) in [6.45, 7) is 1.75. The zero-order chi connectivity index (χ0) is 13.7.